The summed E-state index contributed by atoms with van der Waals surface area (Å²) in [5.41, 5.74) is 0. The molecule has 2 saturated heterocycles. The van der Waals surface area contributed by atoms with E-state index < -0.39 is 86.8 Å². The normalized spacial score (nSPS) is 24.2. The molecule has 2 fully saturated rings. The van der Waals surface area contributed by atoms with Crippen LogP contribution in [-0.4, -0.2) is 140 Å². The molecule has 0 aromatic heterocycles. The molecule has 0 spiro atoms. The lowest BCUT2D eigenvalue weighted by molar-refractivity contribution is -0.359. The highest BCUT2D eigenvalue weighted by molar-refractivity contribution is 5.76. The number of carbonyl (C=O) groups excluding carboxylic acids is 1. The van der Waals surface area contributed by atoms with E-state index in [1.165, 1.54) is 154 Å². The van der Waals surface area contributed by atoms with Crippen LogP contribution < -0.4 is 5.32 Å². The van der Waals surface area contributed by atoms with E-state index in [9.17, 15) is 45.6 Å². The first-order valence-electron chi connectivity index (χ1n) is 33.8. The molecule has 14 nitrogen and oxygen atoms in total. The number of aliphatic hydroxyl groups is 8. The summed E-state index contributed by atoms with van der Waals surface area (Å²) in [5, 5.41) is 87.2. The Hall–Kier alpha value is -2.83. The van der Waals surface area contributed by atoms with Crippen LogP contribution in [0, 0.1) is 0 Å². The van der Waals surface area contributed by atoms with Crippen molar-refractivity contribution >= 4 is 5.91 Å². The van der Waals surface area contributed by atoms with Gasteiger partial charge in [0.15, 0.2) is 12.6 Å². The van der Waals surface area contributed by atoms with Gasteiger partial charge in [0.25, 0.3) is 0 Å². The average Bonchev–Trinajstić information content (AvgIpc) is 2.58. The van der Waals surface area contributed by atoms with E-state index in [2.05, 4.69) is 92.1 Å². The molecule has 2 aliphatic rings. The maximum Gasteiger partial charge on any atom is 0.220 e. The minimum atomic E-state index is -1.79. The topological polar surface area (TPSA) is 228 Å². The van der Waals surface area contributed by atoms with E-state index in [1.807, 2.05) is 6.08 Å². The Morgan fingerprint density at radius 3 is 1.26 bits per heavy atom. The van der Waals surface area contributed by atoms with Gasteiger partial charge in [-0.2, -0.15) is 0 Å². The minimum Gasteiger partial charge on any atom is -0.394 e. The van der Waals surface area contributed by atoms with Crippen molar-refractivity contribution in [2.45, 2.75) is 331 Å². The number of rotatable bonds is 54. The van der Waals surface area contributed by atoms with Gasteiger partial charge in [-0.05, 0) is 70.6 Å². The van der Waals surface area contributed by atoms with Crippen molar-refractivity contribution in [1.82, 2.24) is 5.32 Å². The van der Waals surface area contributed by atoms with Crippen LogP contribution in [0.5, 0.6) is 0 Å². The summed E-state index contributed by atoms with van der Waals surface area (Å²) in [5.74, 6) is -0.240. The molecule has 0 radical (unpaired) electrons. The second-order valence-corrected chi connectivity index (χ2v) is 23.6. The number of hydrogen-bond acceptors (Lipinski definition) is 13. The fourth-order valence-electron chi connectivity index (χ4n) is 10.7. The first kappa shape index (κ1) is 77.3. The van der Waals surface area contributed by atoms with E-state index >= 15 is 0 Å². The van der Waals surface area contributed by atoms with Crippen molar-refractivity contribution in [2.24, 2.45) is 0 Å². The third-order valence-corrected chi connectivity index (χ3v) is 16.1. The summed E-state index contributed by atoms with van der Waals surface area (Å²) in [6.45, 7) is 2.68. The Balaban J connectivity index is 1.59. The van der Waals surface area contributed by atoms with E-state index in [0.717, 1.165) is 77.0 Å². The largest absolute Gasteiger partial charge is 0.394 e. The molecule has 9 N–H and O–H groups in total. The monoisotopic (exact) mass is 1190 g/mol. The van der Waals surface area contributed by atoms with Crippen LogP contribution in [0.4, 0.5) is 0 Å². The molecule has 12 unspecified atom stereocenters. The Morgan fingerprint density at radius 2 is 0.821 bits per heavy atom. The summed E-state index contributed by atoms with van der Waals surface area (Å²) in [7, 11) is 0. The number of nitrogens with one attached hydrogen (secondary N) is 1. The van der Waals surface area contributed by atoms with Crippen molar-refractivity contribution < 1.29 is 64.6 Å². The lowest BCUT2D eigenvalue weighted by atomic mass is 9.97. The summed E-state index contributed by atoms with van der Waals surface area (Å²) in [6, 6.07) is -0.916. The Bertz CT molecular complexity index is 1730. The highest BCUT2D eigenvalue weighted by atomic mass is 16.7. The highest BCUT2D eigenvalue weighted by Gasteiger charge is 2.51. The predicted octanol–water partition coefficient (Wildman–Crippen LogP) is 13.2. The first-order valence-corrected chi connectivity index (χ1v) is 33.8. The van der Waals surface area contributed by atoms with Gasteiger partial charge in [0.1, 0.15) is 48.8 Å². The van der Waals surface area contributed by atoms with Gasteiger partial charge in [-0.15, -0.1) is 0 Å². The van der Waals surface area contributed by atoms with E-state index in [-0.39, 0.29) is 18.9 Å². The van der Waals surface area contributed by atoms with E-state index in [0.29, 0.717) is 6.42 Å². The molecule has 0 aromatic carbocycles. The molecule has 2 heterocycles. The molecular formula is C70H123NO13. The van der Waals surface area contributed by atoms with Gasteiger partial charge in [-0.25, -0.2) is 0 Å². The average molecular weight is 1190 g/mol. The van der Waals surface area contributed by atoms with Crippen LogP contribution >= 0.6 is 0 Å². The third kappa shape index (κ3) is 38.4. The number of ether oxygens (including phenoxy) is 4. The lowest BCUT2D eigenvalue weighted by Crippen LogP contribution is -2.65. The zero-order chi connectivity index (χ0) is 60.9. The van der Waals surface area contributed by atoms with Gasteiger partial charge < -0.3 is 65.1 Å². The van der Waals surface area contributed by atoms with Gasteiger partial charge in [-0.3, -0.25) is 4.79 Å². The number of hydrogen-bond donors (Lipinski definition) is 9. The van der Waals surface area contributed by atoms with Crippen LogP contribution in [0.1, 0.15) is 258 Å². The second kappa shape index (κ2) is 54.3. The van der Waals surface area contributed by atoms with Crippen molar-refractivity contribution in [2.75, 3.05) is 19.8 Å². The summed E-state index contributed by atoms with van der Waals surface area (Å²) in [4.78, 5) is 13.3. The van der Waals surface area contributed by atoms with Gasteiger partial charge in [-0.1, -0.05) is 266 Å². The van der Waals surface area contributed by atoms with Crippen molar-refractivity contribution in [3.8, 4) is 0 Å². The van der Waals surface area contributed by atoms with Crippen molar-refractivity contribution in [1.29, 1.82) is 0 Å². The van der Waals surface area contributed by atoms with Crippen LogP contribution in [0.15, 0.2) is 85.1 Å². The zero-order valence-electron chi connectivity index (χ0n) is 52.6. The molecule has 12 atom stereocenters. The molecule has 486 valence electrons. The van der Waals surface area contributed by atoms with E-state index in [4.69, 9.17) is 18.9 Å². The third-order valence-electron chi connectivity index (χ3n) is 16.1. The molecule has 2 aliphatic heterocycles. The van der Waals surface area contributed by atoms with E-state index in [1.54, 1.807) is 6.08 Å². The molecule has 2 rings (SSSR count). The molecule has 14 heteroatoms. The molecule has 0 aromatic rings. The highest BCUT2D eigenvalue weighted by Crippen LogP contribution is 2.30. The summed E-state index contributed by atoms with van der Waals surface area (Å²) < 4.78 is 22.8. The zero-order valence-corrected chi connectivity index (χ0v) is 52.6. The maximum absolute atomic E-state index is 13.3. The Labute approximate surface area is 510 Å². The minimum absolute atomic E-state index is 0.240. The Morgan fingerprint density at radius 1 is 0.440 bits per heavy atom. The van der Waals surface area contributed by atoms with Crippen LogP contribution in [0.25, 0.3) is 0 Å². The molecule has 84 heavy (non-hydrogen) atoms. The SMILES string of the molecule is CC/C=C\C/C=C\C/C=C\C/C=C\C/C=C\C/C=C\CCCCCCCCCCCCCCCCCCCCC(=O)NC(COC1OC(CO)C(OC2OC(CO)C(O)C(O)C2O)C(O)C1O)C(O)/C=C/CCCCCCCCCCCCC. The van der Waals surface area contributed by atoms with Crippen LogP contribution in [0.3, 0.4) is 0 Å². The standard InChI is InChI=1S/C70H123NO13/c1-3-5-7-9-11-13-15-17-18-19-20-21-22-23-24-25-26-27-28-29-30-31-32-33-34-35-36-37-38-39-40-42-44-46-48-50-52-54-62(75)71-58(59(74)53-51-49-47-45-43-41-16-14-12-10-8-6-4-2)57-81-69-67(80)65(78)68(61(56-73)83-69)84-70-66(79)64(77)63(76)60(55-72)82-70/h5,7,11,13,17-18,20-21,23-24,26-27,51,53,58-61,63-70,72-74,76-80H,3-4,6,8-10,12,14-16,19,22,25,28-50,52,54-57H2,1-2H3,(H,71,75)/b7-5-,13-11-,18-17-,21-20-,24-23-,27-26-,53-51+. The summed E-state index contributed by atoms with van der Waals surface area (Å²) >= 11 is 0. The fourth-order valence-corrected chi connectivity index (χ4v) is 10.7. The summed E-state index contributed by atoms with van der Waals surface area (Å²) in [6.07, 6.45) is 57.9. The van der Waals surface area contributed by atoms with Gasteiger partial charge in [0.2, 0.25) is 5.91 Å². The van der Waals surface area contributed by atoms with Crippen molar-refractivity contribution in [3.05, 3.63) is 85.1 Å². The fraction of sp³-hybridized carbons (Fsp3) is 0.786. The number of amides is 1. The lowest BCUT2D eigenvalue weighted by Gasteiger charge is -2.46. The Kier molecular flexibility index (Phi) is 50.0. The first-order chi connectivity index (χ1) is 41.1. The number of unbranched alkanes of at least 4 members (excludes halogenated alkanes) is 29. The van der Waals surface area contributed by atoms with Gasteiger partial charge in [0, 0.05) is 6.42 Å². The van der Waals surface area contributed by atoms with Crippen molar-refractivity contribution in [3.63, 3.8) is 0 Å². The van der Waals surface area contributed by atoms with Gasteiger partial charge >= 0.3 is 0 Å². The number of carbonyl (C=O) groups is 1. The number of allylic oxidation sites excluding steroid dienone is 13. The molecule has 0 bridgehead atoms. The molecular weight excluding hydrogens is 1060 g/mol. The molecule has 1 amide bonds. The maximum atomic E-state index is 13.3. The van der Waals surface area contributed by atoms with Gasteiger partial charge in [0.05, 0.1) is 32.0 Å². The number of aliphatic hydroxyl groups excluding tert-OH is 8. The second-order valence-electron chi connectivity index (χ2n) is 23.6. The predicted molar refractivity (Wildman–Crippen MR) is 341 cm³/mol. The quantitative estimate of drug-likeness (QED) is 0.0204. The van der Waals surface area contributed by atoms with Crippen LogP contribution in [0.2, 0.25) is 0 Å². The van der Waals surface area contributed by atoms with Crippen LogP contribution in [-0.2, 0) is 23.7 Å². The smallest absolute Gasteiger partial charge is 0.220 e. The molecule has 0 aliphatic carbocycles. The molecule has 0 saturated carbocycles.